The second-order valence-electron chi connectivity index (χ2n) is 11.3. The summed E-state index contributed by atoms with van der Waals surface area (Å²) in [7, 11) is -4.21. The summed E-state index contributed by atoms with van der Waals surface area (Å²) in [5.74, 6) is -0.468. The lowest BCUT2D eigenvalue weighted by molar-refractivity contribution is -0.141. The molecule has 0 radical (unpaired) electrons. The first-order chi connectivity index (χ1) is 20.3. The number of carbonyl (C=O) groups excluding carboxylic acids is 2. The van der Waals surface area contributed by atoms with E-state index in [-0.39, 0.29) is 23.0 Å². The first-order valence-corrected chi connectivity index (χ1v) is 17.0. The first kappa shape index (κ1) is 34.0. The second kappa shape index (κ2) is 14.8. The van der Waals surface area contributed by atoms with Crippen molar-refractivity contribution in [1.29, 1.82) is 0 Å². The van der Waals surface area contributed by atoms with Crippen molar-refractivity contribution in [3.63, 3.8) is 0 Å². The van der Waals surface area contributed by atoms with Gasteiger partial charge in [-0.3, -0.25) is 13.9 Å². The average molecular weight is 626 g/mol. The van der Waals surface area contributed by atoms with Crippen molar-refractivity contribution in [2.75, 3.05) is 23.7 Å². The number of sulfonamides is 1. The zero-order chi connectivity index (χ0) is 31.8. The smallest absolute Gasteiger partial charge is 0.264 e. The monoisotopic (exact) mass is 625 g/mol. The van der Waals surface area contributed by atoms with Crippen LogP contribution in [0.4, 0.5) is 5.69 Å². The van der Waals surface area contributed by atoms with Gasteiger partial charge in [0.2, 0.25) is 11.8 Å². The van der Waals surface area contributed by atoms with Crippen molar-refractivity contribution in [2.45, 2.75) is 75.9 Å². The van der Waals surface area contributed by atoms with Crippen LogP contribution in [0.25, 0.3) is 0 Å². The van der Waals surface area contributed by atoms with Gasteiger partial charge in [-0.05, 0) is 89.3 Å². The topological polar surface area (TPSA) is 96.0 Å². The maximum absolute atomic E-state index is 14.3. The molecule has 232 valence electrons. The largest absolute Gasteiger partial charge is 0.492 e. The number of amides is 2. The molecular formula is C33H43N3O5S2. The van der Waals surface area contributed by atoms with Gasteiger partial charge in [0.25, 0.3) is 10.0 Å². The number of para-hydroxylation sites is 2. The van der Waals surface area contributed by atoms with E-state index in [1.165, 1.54) is 28.8 Å². The van der Waals surface area contributed by atoms with Crippen molar-refractivity contribution in [3.05, 3.63) is 83.9 Å². The van der Waals surface area contributed by atoms with Crippen molar-refractivity contribution >= 4 is 39.3 Å². The zero-order valence-electron chi connectivity index (χ0n) is 26.1. The fraction of sp³-hybridized carbons (Fsp3) is 0.394. The fourth-order valence-corrected chi connectivity index (χ4v) is 6.42. The summed E-state index contributed by atoms with van der Waals surface area (Å²) in [4.78, 5) is 30.2. The molecule has 0 saturated carbocycles. The Balaban J connectivity index is 2.12. The number of thioether (sulfide) groups is 1. The number of anilines is 1. The van der Waals surface area contributed by atoms with Gasteiger partial charge in [0.1, 0.15) is 18.3 Å². The minimum Gasteiger partial charge on any atom is -0.492 e. The maximum Gasteiger partial charge on any atom is 0.264 e. The average Bonchev–Trinajstić information content (AvgIpc) is 2.96. The summed E-state index contributed by atoms with van der Waals surface area (Å²) in [6.45, 7) is 11.2. The predicted molar refractivity (Wildman–Crippen MR) is 174 cm³/mol. The minimum atomic E-state index is -4.21. The van der Waals surface area contributed by atoms with Crippen molar-refractivity contribution < 1.29 is 22.7 Å². The second-order valence-corrected chi connectivity index (χ2v) is 14.0. The van der Waals surface area contributed by atoms with Crippen molar-refractivity contribution in [3.8, 4) is 5.75 Å². The lowest BCUT2D eigenvalue weighted by Crippen LogP contribution is -2.55. The van der Waals surface area contributed by atoms with Crippen molar-refractivity contribution in [1.82, 2.24) is 10.2 Å². The molecule has 0 saturated heterocycles. The fourth-order valence-electron chi connectivity index (χ4n) is 4.59. The standard InChI is InChI=1S/C33H43N3O5S2/c1-8-28(32(38)34-33(4,5)6)35(22-25-16-14-24(3)15-17-25)31(37)23-36(29-12-10-11-13-30(29)41-9-2)43(39,40)27-20-18-26(42-7)19-21-27/h10-21,28H,8-9,22-23H2,1-7H3,(H,34,38)/t28-/m0/s1. The normalized spacial score (nSPS) is 12.3. The molecule has 1 N–H and O–H groups in total. The molecule has 1 atom stereocenters. The highest BCUT2D eigenvalue weighted by molar-refractivity contribution is 7.98. The molecule has 0 aliphatic rings. The van der Waals surface area contributed by atoms with Crippen LogP contribution in [0.5, 0.6) is 5.75 Å². The number of carbonyl (C=O) groups is 2. The highest BCUT2D eigenvalue weighted by Gasteiger charge is 2.35. The first-order valence-electron chi connectivity index (χ1n) is 14.4. The van der Waals surface area contributed by atoms with Gasteiger partial charge < -0.3 is 15.0 Å². The molecule has 0 aliphatic carbocycles. The third-order valence-electron chi connectivity index (χ3n) is 6.72. The van der Waals surface area contributed by atoms with Crippen LogP contribution >= 0.6 is 11.8 Å². The number of nitrogens with zero attached hydrogens (tertiary/aromatic N) is 2. The maximum atomic E-state index is 14.3. The molecule has 3 aromatic carbocycles. The summed E-state index contributed by atoms with van der Waals surface area (Å²) in [6, 6.07) is 20.2. The van der Waals surface area contributed by atoms with Crippen LogP contribution < -0.4 is 14.4 Å². The number of benzene rings is 3. The van der Waals surface area contributed by atoms with Crippen molar-refractivity contribution in [2.24, 2.45) is 0 Å². The molecule has 0 heterocycles. The summed E-state index contributed by atoms with van der Waals surface area (Å²) >= 11 is 1.50. The summed E-state index contributed by atoms with van der Waals surface area (Å²) < 4.78 is 35.3. The van der Waals surface area contributed by atoms with E-state index in [9.17, 15) is 18.0 Å². The van der Waals surface area contributed by atoms with Crippen LogP contribution in [0.1, 0.15) is 52.2 Å². The van der Waals surface area contributed by atoms with Crippen LogP contribution in [0, 0.1) is 6.92 Å². The van der Waals surface area contributed by atoms with Gasteiger partial charge in [-0.2, -0.15) is 0 Å². The van der Waals surface area contributed by atoms with Gasteiger partial charge in [-0.25, -0.2) is 8.42 Å². The molecule has 0 aromatic heterocycles. The lowest BCUT2D eigenvalue weighted by Gasteiger charge is -2.35. The molecule has 0 unspecified atom stereocenters. The highest BCUT2D eigenvalue weighted by atomic mass is 32.2. The molecule has 0 bridgehead atoms. The van der Waals surface area contributed by atoms with Crippen LogP contribution in [-0.4, -0.2) is 56.1 Å². The number of hydrogen-bond acceptors (Lipinski definition) is 6. The molecule has 3 aromatic rings. The quantitative estimate of drug-likeness (QED) is 0.233. The number of nitrogens with one attached hydrogen (secondary N) is 1. The van der Waals surface area contributed by atoms with E-state index in [0.29, 0.717) is 18.8 Å². The Morgan fingerprint density at radius 1 is 0.953 bits per heavy atom. The Morgan fingerprint density at radius 2 is 1.58 bits per heavy atom. The molecule has 43 heavy (non-hydrogen) atoms. The molecule has 0 spiro atoms. The van der Waals surface area contributed by atoms with Gasteiger partial charge in [-0.1, -0.05) is 48.9 Å². The van der Waals surface area contributed by atoms with E-state index < -0.39 is 34.1 Å². The van der Waals surface area contributed by atoms with Crippen LogP contribution in [0.3, 0.4) is 0 Å². The molecule has 8 nitrogen and oxygen atoms in total. The summed E-state index contributed by atoms with van der Waals surface area (Å²) in [6.07, 6.45) is 2.26. The molecule has 3 rings (SSSR count). The number of aryl methyl sites for hydroxylation is 1. The molecule has 2 amide bonds. The van der Waals surface area contributed by atoms with E-state index in [1.54, 1.807) is 36.4 Å². The number of hydrogen-bond donors (Lipinski definition) is 1. The Kier molecular flexibility index (Phi) is 11.7. The van der Waals surface area contributed by atoms with E-state index in [2.05, 4.69) is 5.32 Å². The van der Waals surface area contributed by atoms with E-state index in [4.69, 9.17) is 4.74 Å². The van der Waals surface area contributed by atoms with E-state index >= 15 is 0 Å². The van der Waals surface area contributed by atoms with Gasteiger partial charge in [-0.15, -0.1) is 11.8 Å². The van der Waals surface area contributed by atoms with Gasteiger partial charge in [0, 0.05) is 17.0 Å². The van der Waals surface area contributed by atoms with E-state index in [0.717, 1.165) is 20.3 Å². The summed E-state index contributed by atoms with van der Waals surface area (Å²) in [5, 5.41) is 2.99. The summed E-state index contributed by atoms with van der Waals surface area (Å²) in [5.41, 5.74) is 1.63. The third-order valence-corrected chi connectivity index (χ3v) is 9.24. The SMILES string of the molecule is CCOc1ccccc1N(CC(=O)N(Cc1ccc(C)cc1)[C@@H](CC)C(=O)NC(C)(C)C)S(=O)(=O)c1ccc(SC)cc1. The van der Waals surface area contributed by atoms with Gasteiger partial charge >= 0.3 is 0 Å². The Hall–Kier alpha value is -3.50. The van der Waals surface area contributed by atoms with E-state index in [1.807, 2.05) is 72.1 Å². The Bertz CT molecular complexity index is 1480. The predicted octanol–water partition coefficient (Wildman–Crippen LogP) is 6.03. The molecular weight excluding hydrogens is 583 g/mol. The minimum absolute atomic E-state index is 0.0482. The lowest BCUT2D eigenvalue weighted by atomic mass is 10.1. The number of ether oxygens (including phenoxy) is 1. The Labute approximate surface area is 260 Å². The van der Waals surface area contributed by atoms with Gasteiger partial charge in [0.15, 0.2) is 0 Å². The zero-order valence-corrected chi connectivity index (χ0v) is 27.7. The number of rotatable bonds is 13. The van der Waals surface area contributed by atoms with Crippen LogP contribution in [0.15, 0.2) is 82.6 Å². The Morgan fingerprint density at radius 3 is 2.14 bits per heavy atom. The highest BCUT2D eigenvalue weighted by Crippen LogP contribution is 2.33. The van der Waals surface area contributed by atoms with Crippen LogP contribution in [0.2, 0.25) is 0 Å². The molecule has 0 aliphatic heterocycles. The molecule has 0 fully saturated rings. The van der Waals surface area contributed by atoms with Crippen LogP contribution in [-0.2, 0) is 26.2 Å². The van der Waals surface area contributed by atoms with Gasteiger partial charge in [0.05, 0.1) is 17.2 Å². The molecule has 10 heteroatoms. The third kappa shape index (κ3) is 9.00.